The molecule has 0 aliphatic carbocycles. The molecule has 18 heavy (non-hydrogen) atoms. The molecular weight excluding hydrogens is 226 g/mol. The van der Waals surface area contributed by atoms with E-state index >= 15 is 0 Å². The second-order valence-electron chi connectivity index (χ2n) is 4.87. The van der Waals surface area contributed by atoms with Crippen LogP contribution in [0.2, 0.25) is 0 Å². The first-order chi connectivity index (χ1) is 8.58. The van der Waals surface area contributed by atoms with Gasteiger partial charge in [0.2, 0.25) is 5.91 Å². The lowest BCUT2D eigenvalue weighted by Crippen LogP contribution is -2.45. The molecule has 0 saturated heterocycles. The van der Waals surface area contributed by atoms with Crippen molar-refractivity contribution in [3.8, 4) is 0 Å². The third-order valence-corrected chi connectivity index (χ3v) is 3.24. The second kappa shape index (κ2) is 7.17. The Hall–Kier alpha value is -1.35. The molecule has 1 aromatic carbocycles. The van der Waals surface area contributed by atoms with Gasteiger partial charge in [0.25, 0.3) is 0 Å². The van der Waals surface area contributed by atoms with Crippen molar-refractivity contribution in [3.63, 3.8) is 0 Å². The minimum absolute atomic E-state index is 0.301. The number of carbonyl (C=O) groups excluding carboxylic acids is 1. The highest BCUT2D eigenvalue weighted by molar-refractivity contribution is 5.83. The van der Waals surface area contributed by atoms with Crippen LogP contribution >= 0.6 is 0 Å². The van der Waals surface area contributed by atoms with Crippen molar-refractivity contribution in [1.29, 1.82) is 0 Å². The monoisotopic (exact) mass is 249 g/mol. The molecule has 100 valence electrons. The number of amides is 1. The molecule has 0 heterocycles. The number of primary amides is 1. The maximum Gasteiger partial charge on any atom is 0.249 e. The van der Waals surface area contributed by atoms with Crippen molar-refractivity contribution in [2.24, 2.45) is 5.73 Å². The summed E-state index contributed by atoms with van der Waals surface area (Å²) >= 11 is 0. The van der Waals surface area contributed by atoms with Crippen LogP contribution in [0.3, 0.4) is 0 Å². The van der Waals surface area contributed by atoms with E-state index in [2.05, 4.69) is 6.92 Å². The van der Waals surface area contributed by atoms with Gasteiger partial charge in [0.05, 0.1) is 0 Å². The molecular formula is C15H23NO2. The zero-order chi connectivity index (χ0) is 13.4. The molecule has 0 bridgehead atoms. The van der Waals surface area contributed by atoms with Crippen LogP contribution in [0.15, 0.2) is 30.3 Å². The number of benzene rings is 1. The number of carbonyl (C=O) groups is 1. The van der Waals surface area contributed by atoms with Crippen LogP contribution in [0.5, 0.6) is 0 Å². The van der Waals surface area contributed by atoms with Crippen molar-refractivity contribution in [2.45, 2.75) is 51.0 Å². The Bertz CT molecular complexity index is 364. The fourth-order valence-electron chi connectivity index (χ4n) is 2.08. The van der Waals surface area contributed by atoms with E-state index in [-0.39, 0.29) is 0 Å². The predicted octanol–water partition coefficient (Wildman–Crippen LogP) is 2.42. The normalized spacial score (nSPS) is 14.1. The molecule has 1 rings (SSSR count). The lowest BCUT2D eigenvalue weighted by atomic mass is 9.88. The summed E-state index contributed by atoms with van der Waals surface area (Å²) in [6.45, 7) is 2.13. The van der Waals surface area contributed by atoms with Gasteiger partial charge in [-0.05, 0) is 12.0 Å². The van der Waals surface area contributed by atoms with E-state index in [9.17, 15) is 9.90 Å². The number of hydrogen-bond donors (Lipinski definition) is 2. The molecule has 0 spiro atoms. The molecule has 0 aliphatic rings. The largest absolute Gasteiger partial charge is 0.380 e. The van der Waals surface area contributed by atoms with Gasteiger partial charge in [-0.25, -0.2) is 0 Å². The van der Waals surface area contributed by atoms with Crippen molar-refractivity contribution >= 4 is 5.91 Å². The highest BCUT2D eigenvalue weighted by Crippen LogP contribution is 2.20. The van der Waals surface area contributed by atoms with Gasteiger partial charge >= 0.3 is 0 Å². The first kappa shape index (κ1) is 14.7. The lowest BCUT2D eigenvalue weighted by Gasteiger charge is -2.24. The average molecular weight is 249 g/mol. The van der Waals surface area contributed by atoms with Crippen LogP contribution in [0.25, 0.3) is 0 Å². The fraction of sp³-hybridized carbons (Fsp3) is 0.533. The molecule has 0 fully saturated rings. The standard InChI is InChI=1S/C15H23NO2/c1-2-3-4-8-11-15(18,14(16)17)12-13-9-6-5-7-10-13/h5-7,9-10,18H,2-4,8,11-12H2,1H3,(H2,16,17). The van der Waals surface area contributed by atoms with Gasteiger partial charge in [-0.1, -0.05) is 62.9 Å². The van der Waals surface area contributed by atoms with E-state index < -0.39 is 11.5 Å². The summed E-state index contributed by atoms with van der Waals surface area (Å²) in [4.78, 5) is 11.5. The van der Waals surface area contributed by atoms with Crippen LogP contribution in [0, 0.1) is 0 Å². The number of aliphatic hydroxyl groups is 1. The van der Waals surface area contributed by atoms with E-state index in [4.69, 9.17) is 5.73 Å². The van der Waals surface area contributed by atoms with Crippen LogP contribution < -0.4 is 5.73 Å². The summed E-state index contributed by atoms with van der Waals surface area (Å²) in [5.41, 5.74) is 4.88. The zero-order valence-electron chi connectivity index (χ0n) is 11.1. The van der Waals surface area contributed by atoms with Gasteiger partial charge in [0.1, 0.15) is 5.60 Å². The van der Waals surface area contributed by atoms with Gasteiger partial charge < -0.3 is 10.8 Å². The Kier molecular flexibility index (Phi) is 5.86. The molecule has 1 unspecified atom stereocenters. The van der Waals surface area contributed by atoms with Crippen molar-refractivity contribution in [1.82, 2.24) is 0 Å². The first-order valence-electron chi connectivity index (χ1n) is 6.64. The zero-order valence-corrected chi connectivity index (χ0v) is 11.1. The van der Waals surface area contributed by atoms with Gasteiger partial charge in [-0.2, -0.15) is 0 Å². The Morgan fingerprint density at radius 1 is 1.22 bits per heavy atom. The smallest absolute Gasteiger partial charge is 0.249 e. The lowest BCUT2D eigenvalue weighted by molar-refractivity contribution is -0.137. The van der Waals surface area contributed by atoms with Crippen LogP contribution in [-0.2, 0) is 11.2 Å². The molecule has 0 radical (unpaired) electrons. The third-order valence-electron chi connectivity index (χ3n) is 3.24. The number of unbranched alkanes of at least 4 members (excludes halogenated alkanes) is 3. The van der Waals surface area contributed by atoms with Gasteiger partial charge in [0.15, 0.2) is 0 Å². The molecule has 1 amide bonds. The average Bonchev–Trinajstić information content (AvgIpc) is 2.36. The van der Waals surface area contributed by atoms with Crippen molar-refractivity contribution in [3.05, 3.63) is 35.9 Å². The Morgan fingerprint density at radius 3 is 2.44 bits per heavy atom. The number of rotatable bonds is 8. The van der Waals surface area contributed by atoms with E-state index in [0.717, 1.165) is 31.2 Å². The fourth-order valence-corrected chi connectivity index (χ4v) is 2.08. The van der Waals surface area contributed by atoms with E-state index in [0.29, 0.717) is 12.8 Å². The van der Waals surface area contributed by atoms with Crippen LogP contribution in [0.4, 0.5) is 0 Å². The van der Waals surface area contributed by atoms with E-state index in [1.165, 1.54) is 0 Å². The number of hydrogen-bond acceptors (Lipinski definition) is 2. The summed E-state index contributed by atoms with van der Waals surface area (Å²) < 4.78 is 0. The Balaban J connectivity index is 2.60. The Labute approximate surface area is 109 Å². The van der Waals surface area contributed by atoms with E-state index in [1.54, 1.807) is 0 Å². The molecule has 0 saturated carbocycles. The SMILES string of the molecule is CCCCCCC(O)(Cc1ccccc1)C(N)=O. The molecule has 1 aromatic rings. The van der Waals surface area contributed by atoms with Crippen molar-refractivity contribution in [2.75, 3.05) is 0 Å². The van der Waals surface area contributed by atoms with Crippen LogP contribution in [0.1, 0.15) is 44.6 Å². The van der Waals surface area contributed by atoms with Crippen molar-refractivity contribution < 1.29 is 9.90 Å². The quantitative estimate of drug-likeness (QED) is 0.695. The molecule has 3 heteroatoms. The summed E-state index contributed by atoms with van der Waals surface area (Å²) in [5.74, 6) is -0.622. The Morgan fingerprint density at radius 2 is 1.89 bits per heavy atom. The molecule has 3 nitrogen and oxygen atoms in total. The highest BCUT2D eigenvalue weighted by atomic mass is 16.3. The van der Waals surface area contributed by atoms with E-state index in [1.807, 2.05) is 30.3 Å². The highest BCUT2D eigenvalue weighted by Gasteiger charge is 2.33. The predicted molar refractivity (Wildman–Crippen MR) is 73.0 cm³/mol. The van der Waals surface area contributed by atoms with Crippen LogP contribution in [-0.4, -0.2) is 16.6 Å². The molecule has 1 atom stereocenters. The third kappa shape index (κ3) is 4.49. The summed E-state index contributed by atoms with van der Waals surface area (Å²) in [6.07, 6.45) is 4.86. The maximum atomic E-state index is 11.5. The second-order valence-corrected chi connectivity index (χ2v) is 4.87. The maximum absolute atomic E-state index is 11.5. The topological polar surface area (TPSA) is 63.3 Å². The van der Waals surface area contributed by atoms with Gasteiger partial charge in [-0.3, -0.25) is 4.79 Å². The van der Waals surface area contributed by atoms with Gasteiger partial charge in [-0.15, -0.1) is 0 Å². The van der Waals surface area contributed by atoms with Gasteiger partial charge in [0, 0.05) is 6.42 Å². The minimum atomic E-state index is -1.41. The molecule has 0 aliphatic heterocycles. The molecule has 3 N–H and O–H groups in total. The number of nitrogens with two attached hydrogens (primary N) is 1. The minimum Gasteiger partial charge on any atom is -0.380 e. The summed E-state index contributed by atoms with van der Waals surface area (Å²) in [6, 6.07) is 9.51. The molecule has 0 aromatic heterocycles. The summed E-state index contributed by atoms with van der Waals surface area (Å²) in [7, 11) is 0. The summed E-state index contributed by atoms with van der Waals surface area (Å²) in [5, 5.41) is 10.4. The first-order valence-corrected chi connectivity index (χ1v) is 6.64.